The summed E-state index contributed by atoms with van der Waals surface area (Å²) in [5.74, 6) is 0.173. The molecule has 3 aromatic heterocycles. The molecule has 10 heteroatoms. The maximum absolute atomic E-state index is 13.1. The van der Waals surface area contributed by atoms with Crippen molar-refractivity contribution in [2.45, 2.75) is 26.3 Å². The average molecular weight is 473 g/mol. The Kier molecular flexibility index (Phi) is 5.77. The Hall–Kier alpha value is -4.11. The molecule has 9 nitrogen and oxygen atoms in total. The third-order valence-electron chi connectivity index (χ3n) is 5.47. The van der Waals surface area contributed by atoms with Gasteiger partial charge < -0.3 is 5.32 Å². The van der Waals surface area contributed by atoms with Crippen LogP contribution in [0.1, 0.15) is 25.1 Å². The largest absolute Gasteiger partial charge is 0.323 e. The van der Waals surface area contributed by atoms with Crippen LogP contribution < -0.4 is 5.32 Å². The normalized spacial score (nSPS) is 12.1. The van der Waals surface area contributed by atoms with E-state index in [-0.39, 0.29) is 5.91 Å². The number of benzene rings is 2. The maximum Gasteiger partial charge on any atom is 0.251 e. The van der Waals surface area contributed by atoms with E-state index in [9.17, 15) is 4.79 Å². The number of anilines is 1. The molecule has 0 spiro atoms. The molecule has 5 rings (SSSR count). The number of nitrogens with zero attached hydrogens (tertiary/aromatic N) is 7. The fourth-order valence-corrected chi connectivity index (χ4v) is 3.84. The monoisotopic (exact) mass is 472 g/mol. The van der Waals surface area contributed by atoms with Gasteiger partial charge >= 0.3 is 0 Å². The third-order valence-corrected chi connectivity index (χ3v) is 5.73. The van der Waals surface area contributed by atoms with Gasteiger partial charge in [0, 0.05) is 16.0 Å². The summed E-state index contributed by atoms with van der Waals surface area (Å²) in [5, 5.41) is 21.6. The SMILES string of the molecule is CCC(C(=O)Nc1cnc2c(c1)c(C)nn2-c1ccccc1)n1nnc(-c2ccc(Cl)cc2)n1. The van der Waals surface area contributed by atoms with Crippen molar-refractivity contribution in [2.75, 3.05) is 5.32 Å². The van der Waals surface area contributed by atoms with E-state index in [1.807, 2.05) is 62.4 Å². The minimum atomic E-state index is -0.627. The Morgan fingerprint density at radius 2 is 1.85 bits per heavy atom. The van der Waals surface area contributed by atoms with Crippen molar-refractivity contribution in [1.29, 1.82) is 0 Å². The zero-order chi connectivity index (χ0) is 23.7. The number of aryl methyl sites for hydroxylation is 1. The molecule has 0 bridgehead atoms. The summed E-state index contributed by atoms with van der Waals surface area (Å²) in [6, 6.07) is 18.2. The van der Waals surface area contributed by atoms with Crippen molar-refractivity contribution in [3.63, 3.8) is 0 Å². The van der Waals surface area contributed by atoms with Crippen molar-refractivity contribution in [2.24, 2.45) is 0 Å². The van der Waals surface area contributed by atoms with E-state index in [0.717, 1.165) is 28.0 Å². The molecule has 0 aliphatic rings. The fourth-order valence-electron chi connectivity index (χ4n) is 3.71. The minimum absolute atomic E-state index is 0.253. The van der Waals surface area contributed by atoms with E-state index in [0.29, 0.717) is 23.0 Å². The molecule has 1 N–H and O–H groups in total. The second-order valence-electron chi connectivity index (χ2n) is 7.78. The highest BCUT2D eigenvalue weighted by Gasteiger charge is 2.23. The number of hydrogen-bond donors (Lipinski definition) is 1. The number of pyridine rings is 1. The Bertz CT molecular complexity index is 1460. The Balaban J connectivity index is 1.38. The van der Waals surface area contributed by atoms with Crippen molar-refractivity contribution in [1.82, 2.24) is 35.0 Å². The second-order valence-corrected chi connectivity index (χ2v) is 8.22. The highest BCUT2D eigenvalue weighted by molar-refractivity contribution is 6.30. The zero-order valence-electron chi connectivity index (χ0n) is 18.6. The van der Waals surface area contributed by atoms with Crippen LogP contribution >= 0.6 is 11.6 Å². The van der Waals surface area contributed by atoms with Gasteiger partial charge in [-0.05, 0) is 61.0 Å². The van der Waals surface area contributed by atoms with Gasteiger partial charge in [-0.1, -0.05) is 36.7 Å². The van der Waals surface area contributed by atoms with Gasteiger partial charge in [0.05, 0.1) is 23.3 Å². The molecule has 0 aliphatic heterocycles. The highest BCUT2D eigenvalue weighted by Crippen LogP contribution is 2.24. The van der Waals surface area contributed by atoms with Crippen molar-refractivity contribution in [3.05, 3.63) is 77.6 Å². The molecule has 0 saturated heterocycles. The molecule has 5 aromatic rings. The molecule has 34 heavy (non-hydrogen) atoms. The van der Waals surface area contributed by atoms with Gasteiger partial charge in [0.2, 0.25) is 5.82 Å². The predicted molar refractivity (Wildman–Crippen MR) is 130 cm³/mol. The van der Waals surface area contributed by atoms with E-state index < -0.39 is 6.04 Å². The summed E-state index contributed by atoms with van der Waals surface area (Å²) in [7, 11) is 0. The number of halogens is 1. The molecule has 1 unspecified atom stereocenters. The number of aromatic nitrogens is 7. The Labute approximate surface area is 200 Å². The van der Waals surface area contributed by atoms with Crippen LogP contribution in [0.15, 0.2) is 66.9 Å². The van der Waals surface area contributed by atoms with E-state index in [1.54, 1.807) is 23.0 Å². The predicted octanol–water partition coefficient (Wildman–Crippen LogP) is 4.63. The van der Waals surface area contributed by atoms with Crippen LogP contribution in [-0.4, -0.2) is 40.9 Å². The van der Waals surface area contributed by atoms with Crippen molar-refractivity contribution < 1.29 is 4.79 Å². The first-order valence-corrected chi connectivity index (χ1v) is 11.2. The molecular weight excluding hydrogens is 452 g/mol. The first-order valence-electron chi connectivity index (χ1n) is 10.8. The number of fused-ring (bicyclic) bond motifs is 1. The standard InChI is InChI=1S/C24H21ClN8O/c1-3-21(33-30-22(28-31-33)16-9-11-17(25)12-10-16)24(34)27-18-13-20-15(2)29-32(23(20)26-14-18)19-7-5-4-6-8-19/h4-14,21H,3H2,1-2H3,(H,27,34). The molecule has 0 radical (unpaired) electrons. The highest BCUT2D eigenvalue weighted by atomic mass is 35.5. The maximum atomic E-state index is 13.1. The fraction of sp³-hybridized carbons (Fsp3) is 0.167. The van der Waals surface area contributed by atoms with Gasteiger partial charge in [-0.25, -0.2) is 9.67 Å². The molecule has 3 heterocycles. The van der Waals surface area contributed by atoms with Gasteiger partial charge in [-0.15, -0.1) is 10.2 Å². The molecule has 2 aromatic carbocycles. The van der Waals surface area contributed by atoms with Gasteiger partial charge in [0.25, 0.3) is 5.91 Å². The lowest BCUT2D eigenvalue weighted by molar-refractivity contribution is -0.120. The van der Waals surface area contributed by atoms with Crippen LogP contribution in [0.2, 0.25) is 5.02 Å². The summed E-state index contributed by atoms with van der Waals surface area (Å²) in [4.78, 5) is 19.0. The quantitative estimate of drug-likeness (QED) is 0.386. The van der Waals surface area contributed by atoms with Crippen molar-refractivity contribution in [3.8, 4) is 17.1 Å². The molecule has 0 fully saturated rings. The molecule has 1 amide bonds. The summed E-state index contributed by atoms with van der Waals surface area (Å²) < 4.78 is 1.79. The van der Waals surface area contributed by atoms with Crippen LogP contribution in [-0.2, 0) is 4.79 Å². The number of nitrogens with one attached hydrogen (secondary N) is 1. The van der Waals surface area contributed by atoms with Gasteiger partial charge in [-0.2, -0.15) is 9.90 Å². The van der Waals surface area contributed by atoms with Gasteiger partial charge in [0.15, 0.2) is 11.7 Å². The smallest absolute Gasteiger partial charge is 0.251 e. The lowest BCUT2D eigenvalue weighted by atomic mass is 10.2. The van der Waals surface area contributed by atoms with Crippen LogP contribution in [0, 0.1) is 6.92 Å². The number of tetrazole rings is 1. The molecule has 1 atom stereocenters. The molecule has 0 aliphatic carbocycles. The molecule has 0 saturated carbocycles. The first kappa shape index (κ1) is 21.7. The Morgan fingerprint density at radius 1 is 1.09 bits per heavy atom. The van der Waals surface area contributed by atoms with Crippen LogP contribution in [0.3, 0.4) is 0 Å². The zero-order valence-corrected chi connectivity index (χ0v) is 19.3. The number of hydrogen-bond acceptors (Lipinski definition) is 6. The lowest BCUT2D eigenvalue weighted by Crippen LogP contribution is -2.27. The van der Waals surface area contributed by atoms with Crippen LogP contribution in [0.5, 0.6) is 0 Å². The van der Waals surface area contributed by atoms with Gasteiger partial charge in [0.1, 0.15) is 0 Å². The number of rotatable bonds is 6. The van der Waals surface area contributed by atoms with E-state index in [4.69, 9.17) is 11.6 Å². The molecule has 170 valence electrons. The van der Waals surface area contributed by atoms with Crippen LogP contribution in [0.25, 0.3) is 28.1 Å². The third kappa shape index (κ3) is 4.13. The van der Waals surface area contributed by atoms with E-state index >= 15 is 0 Å². The average Bonchev–Trinajstić information content (AvgIpc) is 3.46. The lowest BCUT2D eigenvalue weighted by Gasteiger charge is -2.13. The van der Waals surface area contributed by atoms with E-state index in [1.165, 1.54) is 4.80 Å². The topological polar surface area (TPSA) is 103 Å². The number of carbonyl (C=O) groups excluding carboxylic acids is 1. The Morgan fingerprint density at radius 3 is 2.59 bits per heavy atom. The first-order chi connectivity index (χ1) is 16.5. The van der Waals surface area contributed by atoms with Gasteiger partial charge in [-0.3, -0.25) is 4.79 Å². The van der Waals surface area contributed by atoms with Crippen molar-refractivity contribution >= 4 is 34.2 Å². The van der Waals surface area contributed by atoms with Crippen LogP contribution in [0.4, 0.5) is 5.69 Å². The molecular formula is C24H21ClN8O. The summed E-state index contributed by atoms with van der Waals surface area (Å²) in [5.41, 5.74) is 3.81. The summed E-state index contributed by atoms with van der Waals surface area (Å²) >= 11 is 5.95. The summed E-state index contributed by atoms with van der Waals surface area (Å²) in [6.07, 6.45) is 2.12. The number of carbonyl (C=O) groups is 1. The minimum Gasteiger partial charge on any atom is -0.323 e. The van der Waals surface area contributed by atoms with E-state index in [2.05, 4.69) is 30.8 Å². The number of para-hydroxylation sites is 1. The second kappa shape index (κ2) is 9.03. The summed E-state index contributed by atoms with van der Waals surface area (Å²) in [6.45, 7) is 3.81. The number of amides is 1.